The maximum Gasteiger partial charge on any atom is 0.0429 e. The van der Waals surface area contributed by atoms with Crippen LogP contribution in [0.5, 0.6) is 0 Å². The number of anilines is 2. The highest BCUT2D eigenvalue weighted by Crippen LogP contribution is 2.18. The lowest BCUT2D eigenvalue weighted by atomic mass is 10.1. The first-order valence-corrected chi connectivity index (χ1v) is 6.35. The normalized spacial score (nSPS) is 10.3. The highest BCUT2D eigenvalue weighted by molar-refractivity contribution is 5.48. The molecule has 0 aliphatic heterocycles. The van der Waals surface area contributed by atoms with Gasteiger partial charge in [-0.1, -0.05) is 29.8 Å². The second-order valence-corrected chi connectivity index (χ2v) is 4.59. The third-order valence-corrected chi connectivity index (χ3v) is 3.13. The fraction of sp³-hybridized carbons (Fsp3) is 0.250. The van der Waals surface area contributed by atoms with Crippen LogP contribution >= 0.6 is 0 Å². The van der Waals surface area contributed by atoms with Crippen molar-refractivity contribution < 1.29 is 0 Å². The number of nitrogen functional groups attached to an aromatic ring is 1. The first-order chi connectivity index (χ1) is 8.69. The Kier molecular flexibility index (Phi) is 3.88. The minimum absolute atomic E-state index is 0.817. The van der Waals surface area contributed by atoms with Gasteiger partial charge in [-0.15, -0.1) is 0 Å². The summed E-state index contributed by atoms with van der Waals surface area (Å²) in [6.45, 7) is 6.20. The molecule has 0 bridgehead atoms. The molecule has 2 aromatic carbocycles. The van der Waals surface area contributed by atoms with E-state index in [0.29, 0.717) is 0 Å². The number of hydrogen-bond donors (Lipinski definition) is 1. The van der Waals surface area contributed by atoms with Gasteiger partial charge in [0.2, 0.25) is 0 Å². The second kappa shape index (κ2) is 5.58. The summed E-state index contributed by atoms with van der Waals surface area (Å²) in [5.41, 5.74) is 10.4. The summed E-state index contributed by atoms with van der Waals surface area (Å²) in [4.78, 5) is 2.35. The lowest BCUT2D eigenvalue weighted by Gasteiger charge is -2.23. The fourth-order valence-corrected chi connectivity index (χ4v) is 1.98. The lowest BCUT2D eigenvalue weighted by molar-refractivity contribution is 0.832. The number of hydrogen-bond acceptors (Lipinski definition) is 2. The van der Waals surface area contributed by atoms with E-state index in [9.17, 15) is 0 Å². The molecule has 0 atom stereocenters. The standard InChI is InChI=1S/C16H20N2/c1-3-18(16-10-4-13(2)5-11-16)12-14-6-8-15(17)9-7-14/h4-11H,3,12,17H2,1-2H3. The van der Waals surface area contributed by atoms with E-state index < -0.39 is 0 Å². The Morgan fingerprint density at radius 1 is 0.944 bits per heavy atom. The average Bonchev–Trinajstić information content (AvgIpc) is 2.39. The zero-order valence-corrected chi connectivity index (χ0v) is 11.1. The smallest absolute Gasteiger partial charge is 0.0429 e. The minimum Gasteiger partial charge on any atom is -0.399 e. The molecule has 2 nitrogen and oxygen atoms in total. The molecule has 0 saturated carbocycles. The Bertz CT molecular complexity index is 486. The number of benzene rings is 2. The predicted molar refractivity (Wildman–Crippen MR) is 78.8 cm³/mol. The summed E-state index contributed by atoms with van der Waals surface area (Å²) in [7, 11) is 0. The topological polar surface area (TPSA) is 29.3 Å². The van der Waals surface area contributed by atoms with Crippen LogP contribution in [-0.2, 0) is 6.54 Å². The van der Waals surface area contributed by atoms with Crippen molar-refractivity contribution in [1.29, 1.82) is 0 Å². The molecule has 2 N–H and O–H groups in total. The molecule has 0 radical (unpaired) electrons. The molecular weight excluding hydrogens is 220 g/mol. The van der Waals surface area contributed by atoms with Crippen LogP contribution in [0.3, 0.4) is 0 Å². The van der Waals surface area contributed by atoms with E-state index in [-0.39, 0.29) is 0 Å². The van der Waals surface area contributed by atoms with Gasteiger partial charge in [0, 0.05) is 24.5 Å². The first kappa shape index (κ1) is 12.5. The summed E-state index contributed by atoms with van der Waals surface area (Å²) in [6, 6.07) is 16.8. The van der Waals surface area contributed by atoms with Crippen LogP contribution in [0.1, 0.15) is 18.1 Å². The van der Waals surface area contributed by atoms with Crippen LogP contribution in [0.15, 0.2) is 48.5 Å². The van der Waals surface area contributed by atoms with Crippen LogP contribution in [0, 0.1) is 6.92 Å². The minimum atomic E-state index is 0.817. The second-order valence-electron chi connectivity index (χ2n) is 4.59. The predicted octanol–water partition coefficient (Wildman–Crippen LogP) is 3.60. The third kappa shape index (κ3) is 3.04. The van der Waals surface area contributed by atoms with Crippen LogP contribution in [0.2, 0.25) is 0 Å². The van der Waals surface area contributed by atoms with Gasteiger partial charge in [0.25, 0.3) is 0 Å². The Morgan fingerprint density at radius 3 is 2.11 bits per heavy atom. The first-order valence-electron chi connectivity index (χ1n) is 6.35. The van der Waals surface area contributed by atoms with Gasteiger partial charge in [-0.2, -0.15) is 0 Å². The Balaban J connectivity index is 2.14. The molecule has 0 saturated heterocycles. The molecule has 2 heteroatoms. The molecule has 0 unspecified atom stereocenters. The van der Waals surface area contributed by atoms with Gasteiger partial charge in [0.15, 0.2) is 0 Å². The molecule has 0 aliphatic carbocycles. The number of aryl methyl sites for hydroxylation is 1. The highest BCUT2D eigenvalue weighted by atomic mass is 15.1. The number of nitrogens with zero attached hydrogens (tertiary/aromatic N) is 1. The summed E-state index contributed by atoms with van der Waals surface area (Å²) in [5, 5.41) is 0. The van der Waals surface area contributed by atoms with E-state index in [2.05, 4.69) is 55.1 Å². The summed E-state index contributed by atoms with van der Waals surface area (Å²) in [6.07, 6.45) is 0. The van der Waals surface area contributed by atoms with E-state index in [0.717, 1.165) is 18.8 Å². The van der Waals surface area contributed by atoms with Crippen molar-refractivity contribution >= 4 is 11.4 Å². The quantitative estimate of drug-likeness (QED) is 0.827. The molecule has 0 amide bonds. The van der Waals surface area contributed by atoms with E-state index >= 15 is 0 Å². The van der Waals surface area contributed by atoms with Crippen LogP contribution in [0.4, 0.5) is 11.4 Å². The average molecular weight is 240 g/mol. The van der Waals surface area contributed by atoms with Gasteiger partial charge in [-0.25, -0.2) is 0 Å². The van der Waals surface area contributed by atoms with E-state index in [1.165, 1.54) is 16.8 Å². The molecule has 94 valence electrons. The Hall–Kier alpha value is -1.96. The molecule has 0 heterocycles. The summed E-state index contributed by atoms with van der Waals surface area (Å²) >= 11 is 0. The van der Waals surface area contributed by atoms with Gasteiger partial charge in [-0.3, -0.25) is 0 Å². The van der Waals surface area contributed by atoms with E-state index in [4.69, 9.17) is 5.73 Å². The zero-order chi connectivity index (χ0) is 13.0. The Labute approximate surface area is 109 Å². The monoisotopic (exact) mass is 240 g/mol. The van der Waals surface area contributed by atoms with Crippen LogP contribution < -0.4 is 10.6 Å². The van der Waals surface area contributed by atoms with Crippen molar-refractivity contribution in [2.45, 2.75) is 20.4 Å². The van der Waals surface area contributed by atoms with Crippen molar-refractivity contribution in [1.82, 2.24) is 0 Å². The van der Waals surface area contributed by atoms with E-state index in [1.54, 1.807) is 0 Å². The van der Waals surface area contributed by atoms with Gasteiger partial charge < -0.3 is 10.6 Å². The third-order valence-electron chi connectivity index (χ3n) is 3.13. The zero-order valence-electron chi connectivity index (χ0n) is 11.1. The van der Waals surface area contributed by atoms with Gasteiger partial charge in [-0.05, 0) is 43.7 Å². The van der Waals surface area contributed by atoms with Crippen molar-refractivity contribution in [3.05, 3.63) is 59.7 Å². The molecule has 0 spiro atoms. The molecular formula is C16H20N2. The van der Waals surface area contributed by atoms with Gasteiger partial charge >= 0.3 is 0 Å². The highest BCUT2D eigenvalue weighted by Gasteiger charge is 2.04. The summed E-state index contributed by atoms with van der Waals surface area (Å²) in [5.74, 6) is 0. The van der Waals surface area contributed by atoms with Crippen LogP contribution in [-0.4, -0.2) is 6.54 Å². The van der Waals surface area contributed by atoms with E-state index in [1.807, 2.05) is 12.1 Å². The van der Waals surface area contributed by atoms with Gasteiger partial charge in [0.05, 0.1) is 0 Å². The van der Waals surface area contributed by atoms with Crippen molar-refractivity contribution in [3.63, 3.8) is 0 Å². The van der Waals surface area contributed by atoms with Crippen LogP contribution in [0.25, 0.3) is 0 Å². The summed E-state index contributed by atoms with van der Waals surface area (Å²) < 4.78 is 0. The number of rotatable bonds is 4. The molecule has 0 aromatic heterocycles. The van der Waals surface area contributed by atoms with Gasteiger partial charge in [0.1, 0.15) is 0 Å². The maximum atomic E-state index is 5.70. The molecule has 2 aromatic rings. The SMILES string of the molecule is CCN(Cc1ccc(N)cc1)c1ccc(C)cc1. The molecule has 0 aliphatic rings. The Morgan fingerprint density at radius 2 is 1.56 bits per heavy atom. The molecule has 18 heavy (non-hydrogen) atoms. The van der Waals surface area contributed by atoms with Crippen molar-refractivity contribution in [3.8, 4) is 0 Å². The number of nitrogens with two attached hydrogens (primary N) is 1. The maximum absolute atomic E-state index is 5.70. The fourth-order valence-electron chi connectivity index (χ4n) is 1.98. The van der Waals surface area contributed by atoms with Crippen molar-refractivity contribution in [2.75, 3.05) is 17.2 Å². The lowest BCUT2D eigenvalue weighted by Crippen LogP contribution is -2.21. The molecule has 0 fully saturated rings. The van der Waals surface area contributed by atoms with Crippen molar-refractivity contribution in [2.24, 2.45) is 0 Å². The largest absolute Gasteiger partial charge is 0.399 e. The molecule has 2 rings (SSSR count).